The van der Waals surface area contributed by atoms with Crippen LogP contribution in [0.25, 0.3) is 0 Å². The van der Waals surface area contributed by atoms with E-state index in [1.807, 2.05) is 19.3 Å². The number of rotatable bonds is 6. The summed E-state index contributed by atoms with van der Waals surface area (Å²) in [5.74, 6) is 1.74. The van der Waals surface area contributed by atoms with E-state index in [1.54, 1.807) is 0 Å². The van der Waals surface area contributed by atoms with Crippen molar-refractivity contribution in [2.24, 2.45) is 10.9 Å². The van der Waals surface area contributed by atoms with Crippen molar-refractivity contribution < 1.29 is 0 Å². The van der Waals surface area contributed by atoms with Gasteiger partial charge in [-0.25, -0.2) is 0 Å². The second-order valence-electron chi connectivity index (χ2n) is 6.25. The highest BCUT2D eigenvalue weighted by Crippen LogP contribution is 2.17. The molecule has 1 unspecified atom stereocenters. The average molecular weight is 445 g/mol. The lowest BCUT2D eigenvalue weighted by molar-refractivity contribution is 0.255. The van der Waals surface area contributed by atoms with Crippen molar-refractivity contribution in [1.29, 1.82) is 0 Å². The molecule has 0 amide bonds. The Labute approximate surface area is 163 Å². The van der Waals surface area contributed by atoms with Crippen LogP contribution in [0.4, 0.5) is 0 Å². The van der Waals surface area contributed by atoms with Crippen molar-refractivity contribution in [3.05, 3.63) is 29.6 Å². The SMILES string of the molecule is CCN(CC)CC1CCN(C(=NC)NCc2ncccc2C)C1.I. The van der Waals surface area contributed by atoms with Crippen LogP contribution in [0.3, 0.4) is 0 Å². The lowest BCUT2D eigenvalue weighted by atomic mass is 10.1. The minimum atomic E-state index is 0. The molecule has 0 radical (unpaired) electrons. The predicted octanol–water partition coefficient (Wildman–Crippen LogP) is 2.75. The van der Waals surface area contributed by atoms with Crippen molar-refractivity contribution >= 4 is 29.9 Å². The lowest BCUT2D eigenvalue weighted by Crippen LogP contribution is -2.40. The topological polar surface area (TPSA) is 43.8 Å². The summed E-state index contributed by atoms with van der Waals surface area (Å²) in [6, 6.07) is 4.08. The molecule has 1 aliphatic heterocycles. The van der Waals surface area contributed by atoms with Crippen molar-refractivity contribution in [3.63, 3.8) is 0 Å². The van der Waals surface area contributed by atoms with Gasteiger partial charge in [0, 0.05) is 32.9 Å². The number of aromatic nitrogens is 1. The maximum atomic E-state index is 4.46. The van der Waals surface area contributed by atoms with Crippen LogP contribution >= 0.6 is 24.0 Å². The highest BCUT2D eigenvalue weighted by molar-refractivity contribution is 14.0. The van der Waals surface area contributed by atoms with E-state index >= 15 is 0 Å². The van der Waals surface area contributed by atoms with Gasteiger partial charge in [-0.1, -0.05) is 19.9 Å². The van der Waals surface area contributed by atoms with Gasteiger partial charge in [0.2, 0.25) is 0 Å². The van der Waals surface area contributed by atoms with Crippen LogP contribution in [-0.4, -0.2) is 60.5 Å². The standard InChI is InChI=1S/C18H31N5.HI/c1-5-22(6-2)13-16-9-11-23(14-16)18(19-4)21-12-17-15(3)8-7-10-20-17;/h7-8,10,16H,5-6,9,11-14H2,1-4H3,(H,19,21);1H. The second kappa shape index (κ2) is 10.9. The second-order valence-corrected chi connectivity index (χ2v) is 6.25. The molecule has 5 nitrogen and oxygen atoms in total. The summed E-state index contributed by atoms with van der Waals surface area (Å²) in [5.41, 5.74) is 2.31. The molecule has 24 heavy (non-hydrogen) atoms. The summed E-state index contributed by atoms with van der Waals surface area (Å²) in [6.07, 6.45) is 3.10. The Morgan fingerprint density at radius 2 is 2.17 bits per heavy atom. The van der Waals surface area contributed by atoms with Gasteiger partial charge in [0.15, 0.2) is 5.96 Å². The number of hydrogen-bond donors (Lipinski definition) is 1. The third kappa shape index (κ3) is 5.88. The molecular weight excluding hydrogens is 413 g/mol. The van der Waals surface area contributed by atoms with E-state index in [9.17, 15) is 0 Å². The van der Waals surface area contributed by atoms with Gasteiger partial charge in [0.25, 0.3) is 0 Å². The number of guanidine groups is 1. The first-order chi connectivity index (χ1) is 11.2. The van der Waals surface area contributed by atoms with Crippen LogP contribution in [0.1, 0.15) is 31.5 Å². The summed E-state index contributed by atoms with van der Waals surface area (Å²) in [6.45, 7) is 13.0. The van der Waals surface area contributed by atoms with E-state index in [-0.39, 0.29) is 24.0 Å². The number of likely N-dealkylation sites (tertiary alicyclic amines) is 1. The lowest BCUT2D eigenvalue weighted by Gasteiger charge is -2.24. The van der Waals surface area contributed by atoms with E-state index in [1.165, 1.54) is 18.5 Å². The molecule has 1 atom stereocenters. The molecule has 0 aromatic carbocycles. The smallest absolute Gasteiger partial charge is 0.193 e. The molecule has 0 aliphatic carbocycles. The van der Waals surface area contributed by atoms with Crippen LogP contribution in [0.5, 0.6) is 0 Å². The van der Waals surface area contributed by atoms with Gasteiger partial charge >= 0.3 is 0 Å². The summed E-state index contributed by atoms with van der Waals surface area (Å²) < 4.78 is 0. The fraction of sp³-hybridized carbons (Fsp3) is 0.667. The van der Waals surface area contributed by atoms with Gasteiger partial charge in [0.05, 0.1) is 12.2 Å². The summed E-state index contributed by atoms with van der Waals surface area (Å²) in [5, 5.41) is 3.47. The van der Waals surface area contributed by atoms with Gasteiger partial charge < -0.3 is 15.1 Å². The molecule has 2 rings (SSSR count). The van der Waals surface area contributed by atoms with Crippen molar-refractivity contribution in [3.8, 4) is 0 Å². The summed E-state index contributed by atoms with van der Waals surface area (Å²) >= 11 is 0. The zero-order chi connectivity index (χ0) is 16.7. The Bertz CT molecular complexity index is 516. The first-order valence-electron chi connectivity index (χ1n) is 8.76. The Balaban J connectivity index is 0.00000288. The quantitative estimate of drug-likeness (QED) is 0.416. The first kappa shape index (κ1) is 21.2. The molecule has 0 saturated carbocycles. The van der Waals surface area contributed by atoms with Crippen molar-refractivity contribution in [2.75, 3.05) is 39.8 Å². The Kier molecular flexibility index (Phi) is 9.58. The van der Waals surface area contributed by atoms with E-state index in [2.05, 4.69) is 51.9 Å². The van der Waals surface area contributed by atoms with E-state index in [0.717, 1.165) is 50.3 Å². The maximum absolute atomic E-state index is 4.46. The molecular formula is C18H32IN5. The molecule has 1 fully saturated rings. The highest BCUT2D eigenvalue weighted by Gasteiger charge is 2.25. The van der Waals surface area contributed by atoms with Crippen LogP contribution in [0, 0.1) is 12.8 Å². The Morgan fingerprint density at radius 3 is 2.79 bits per heavy atom. The molecule has 1 N–H and O–H groups in total. The first-order valence-corrected chi connectivity index (χ1v) is 8.76. The number of halogens is 1. The number of nitrogens with zero attached hydrogens (tertiary/aromatic N) is 4. The molecule has 1 saturated heterocycles. The van der Waals surface area contributed by atoms with Gasteiger partial charge in [-0.3, -0.25) is 9.98 Å². The van der Waals surface area contributed by atoms with Crippen LogP contribution in [0.15, 0.2) is 23.3 Å². The highest BCUT2D eigenvalue weighted by atomic mass is 127. The molecule has 2 heterocycles. The van der Waals surface area contributed by atoms with Crippen LogP contribution < -0.4 is 5.32 Å². The van der Waals surface area contributed by atoms with Gasteiger partial charge in [-0.05, 0) is 44.0 Å². The van der Waals surface area contributed by atoms with Crippen molar-refractivity contribution in [1.82, 2.24) is 20.1 Å². The zero-order valence-corrected chi connectivity index (χ0v) is 17.8. The third-order valence-electron chi connectivity index (χ3n) is 4.74. The molecule has 6 heteroatoms. The third-order valence-corrected chi connectivity index (χ3v) is 4.74. The zero-order valence-electron chi connectivity index (χ0n) is 15.5. The molecule has 0 bridgehead atoms. The summed E-state index contributed by atoms with van der Waals surface area (Å²) in [7, 11) is 1.87. The average Bonchev–Trinajstić information content (AvgIpc) is 3.03. The number of aryl methyl sites for hydroxylation is 1. The van der Waals surface area contributed by atoms with Gasteiger partial charge in [0.1, 0.15) is 0 Å². The monoisotopic (exact) mass is 445 g/mol. The number of nitrogens with one attached hydrogen (secondary N) is 1. The minimum absolute atomic E-state index is 0. The molecule has 0 spiro atoms. The number of aliphatic imine (C=N–C) groups is 1. The van der Waals surface area contributed by atoms with Gasteiger partial charge in [-0.2, -0.15) is 0 Å². The summed E-state index contributed by atoms with van der Waals surface area (Å²) in [4.78, 5) is 13.8. The number of hydrogen-bond acceptors (Lipinski definition) is 3. The van der Waals surface area contributed by atoms with E-state index in [0.29, 0.717) is 0 Å². The van der Waals surface area contributed by atoms with Crippen LogP contribution in [-0.2, 0) is 6.54 Å². The maximum Gasteiger partial charge on any atom is 0.193 e. The van der Waals surface area contributed by atoms with Crippen LogP contribution in [0.2, 0.25) is 0 Å². The molecule has 1 aromatic heterocycles. The molecule has 1 aliphatic rings. The molecule has 1 aromatic rings. The van der Waals surface area contributed by atoms with Crippen molar-refractivity contribution in [2.45, 2.75) is 33.7 Å². The molecule has 136 valence electrons. The fourth-order valence-electron chi connectivity index (χ4n) is 3.22. The normalized spacial score (nSPS) is 18.0. The largest absolute Gasteiger partial charge is 0.351 e. The minimum Gasteiger partial charge on any atom is -0.351 e. The Morgan fingerprint density at radius 1 is 1.42 bits per heavy atom. The number of pyridine rings is 1. The van der Waals surface area contributed by atoms with E-state index < -0.39 is 0 Å². The van der Waals surface area contributed by atoms with Gasteiger partial charge in [-0.15, -0.1) is 24.0 Å². The fourth-order valence-corrected chi connectivity index (χ4v) is 3.22. The Hall–Kier alpha value is -0.890. The van der Waals surface area contributed by atoms with E-state index in [4.69, 9.17) is 0 Å². The predicted molar refractivity (Wildman–Crippen MR) is 112 cm³/mol.